The Bertz CT molecular complexity index is 543. The van der Waals surface area contributed by atoms with Gasteiger partial charge in [-0.05, 0) is 43.2 Å². The van der Waals surface area contributed by atoms with Gasteiger partial charge in [-0.25, -0.2) is 0 Å². The van der Waals surface area contributed by atoms with Crippen LogP contribution >= 0.6 is 11.3 Å². The molecule has 1 amide bonds. The van der Waals surface area contributed by atoms with Crippen molar-refractivity contribution >= 4 is 17.2 Å². The van der Waals surface area contributed by atoms with Gasteiger partial charge in [0.1, 0.15) is 0 Å². The van der Waals surface area contributed by atoms with E-state index < -0.39 is 0 Å². The molecule has 0 unspecified atom stereocenters. The minimum Gasteiger partial charge on any atom is -0.366 e. The van der Waals surface area contributed by atoms with Crippen LogP contribution in [0.5, 0.6) is 0 Å². The van der Waals surface area contributed by atoms with Gasteiger partial charge in [-0.15, -0.1) is 11.3 Å². The Morgan fingerprint density at radius 2 is 1.94 bits per heavy atom. The molecule has 2 nitrogen and oxygen atoms in total. The van der Waals surface area contributed by atoms with Crippen molar-refractivity contribution in [3.8, 4) is 10.4 Å². The molecule has 2 N–H and O–H groups in total. The number of carbonyl (C=O) groups excluding carboxylic acids is 1. The van der Waals surface area contributed by atoms with E-state index in [0.29, 0.717) is 5.56 Å². The molecule has 1 aromatic heterocycles. The molecule has 3 heteroatoms. The topological polar surface area (TPSA) is 43.1 Å². The lowest BCUT2D eigenvalue weighted by Crippen LogP contribution is -2.12. The van der Waals surface area contributed by atoms with Gasteiger partial charge in [0.2, 0.25) is 5.91 Å². The first-order valence-electron chi connectivity index (χ1n) is 5.05. The smallest absolute Gasteiger partial charge is 0.248 e. The highest BCUT2D eigenvalue weighted by Crippen LogP contribution is 2.28. The Labute approximate surface area is 98.7 Å². The fourth-order valence-electron chi connectivity index (χ4n) is 1.63. The van der Waals surface area contributed by atoms with Crippen molar-refractivity contribution in [2.24, 2.45) is 5.73 Å². The lowest BCUT2D eigenvalue weighted by molar-refractivity contribution is 0.1000. The third kappa shape index (κ3) is 1.99. The summed E-state index contributed by atoms with van der Waals surface area (Å²) in [4.78, 5) is 13.7. The number of hydrogen-bond acceptors (Lipinski definition) is 2. The normalized spacial score (nSPS) is 10.4. The minimum absolute atomic E-state index is 0.368. The highest BCUT2D eigenvalue weighted by molar-refractivity contribution is 7.15. The van der Waals surface area contributed by atoms with Crippen LogP contribution in [0, 0.1) is 13.8 Å². The van der Waals surface area contributed by atoms with Crippen LogP contribution < -0.4 is 5.73 Å². The van der Waals surface area contributed by atoms with Crippen molar-refractivity contribution in [2.45, 2.75) is 13.8 Å². The highest BCUT2D eigenvalue weighted by atomic mass is 32.1. The Morgan fingerprint density at radius 1 is 1.19 bits per heavy atom. The third-order valence-corrected chi connectivity index (χ3v) is 3.58. The molecule has 0 aliphatic carbocycles. The number of hydrogen-bond donors (Lipinski definition) is 1. The summed E-state index contributed by atoms with van der Waals surface area (Å²) >= 11 is 1.71. The second-order valence-corrected chi connectivity index (χ2v) is 5.09. The van der Waals surface area contributed by atoms with E-state index in [-0.39, 0.29) is 5.91 Å². The van der Waals surface area contributed by atoms with Crippen LogP contribution in [0.2, 0.25) is 0 Å². The third-order valence-electron chi connectivity index (χ3n) is 2.53. The van der Waals surface area contributed by atoms with Crippen LogP contribution in [-0.4, -0.2) is 5.91 Å². The Balaban J connectivity index is 2.51. The quantitative estimate of drug-likeness (QED) is 0.847. The lowest BCUT2D eigenvalue weighted by atomic mass is 10.0. The molecule has 0 bridgehead atoms. The standard InChI is InChI=1S/C13H13NOS/c1-8-3-5-10(7-11(8)13(14)15)12-6-4-9(2)16-12/h3-7H,1-2H3,(H2,14,15). The van der Waals surface area contributed by atoms with Gasteiger partial charge in [-0.2, -0.15) is 0 Å². The molecule has 0 spiro atoms. The average molecular weight is 231 g/mol. The van der Waals surface area contributed by atoms with Gasteiger partial charge in [0.15, 0.2) is 0 Å². The zero-order valence-corrected chi connectivity index (χ0v) is 10.1. The second-order valence-electron chi connectivity index (χ2n) is 3.80. The molecule has 1 aromatic carbocycles. The van der Waals surface area contributed by atoms with Crippen molar-refractivity contribution in [3.63, 3.8) is 0 Å². The maximum Gasteiger partial charge on any atom is 0.248 e. The first kappa shape index (κ1) is 10.9. The number of rotatable bonds is 2. The summed E-state index contributed by atoms with van der Waals surface area (Å²) in [5.41, 5.74) is 7.91. The summed E-state index contributed by atoms with van der Waals surface area (Å²) in [6, 6.07) is 9.96. The first-order valence-corrected chi connectivity index (χ1v) is 5.87. The van der Waals surface area contributed by atoms with Gasteiger partial charge in [-0.3, -0.25) is 4.79 Å². The fraction of sp³-hybridized carbons (Fsp3) is 0.154. The fourth-order valence-corrected chi connectivity index (χ4v) is 2.49. The maximum absolute atomic E-state index is 11.2. The largest absolute Gasteiger partial charge is 0.366 e. The van der Waals surface area contributed by atoms with Crippen molar-refractivity contribution in [3.05, 3.63) is 46.3 Å². The number of primary amides is 1. The summed E-state index contributed by atoms with van der Waals surface area (Å²) in [5, 5.41) is 0. The zero-order chi connectivity index (χ0) is 11.7. The van der Waals surface area contributed by atoms with E-state index >= 15 is 0 Å². The molecule has 0 saturated heterocycles. The summed E-state index contributed by atoms with van der Waals surface area (Å²) in [5.74, 6) is -0.368. The molecule has 82 valence electrons. The van der Waals surface area contributed by atoms with E-state index in [0.717, 1.165) is 11.1 Å². The predicted molar refractivity (Wildman–Crippen MR) is 67.7 cm³/mol. The first-order chi connectivity index (χ1) is 7.58. The zero-order valence-electron chi connectivity index (χ0n) is 9.28. The molecule has 0 atom stereocenters. The van der Waals surface area contributed by atoms with Crippen molar-refractivity contribution < 1.29 is 4.79 Å². The number of amides is 1. The molecular formula is C13H13NOS. The van der Waals surface area contributed by atoms with E-state index in [2.05, 4.69) is 19.1 Å². The summed E-state index contributed by atoms with van der Waals surface area (Å²) < 4.78 is 0. The molecule has 1 heterocycles. The summed E-state index contributed by atoms with van der Waals surface area (Å²) in [6.07, 6.45) is 0. The van der Waals surface area contributed by atoms with Gasteiger partial charge in [0.25, 0.3) is 0 Å². The molecule has 0 aliphatic rings. The van der Waals surface area contributed by atoms with Crippen molar-refractivity contribution in [2.75, 3.05) is 0 Å². The van der Waals surface area contributed by atoms with Gasteiger partial charge < -0.3 is 5.73 Å². The van der Waals surface area contributed by atoms with Gasteiger partial charge >= 0.3 is 0 Å². The monoisotopic (exact) mass is 231 g/mol. The predicted octanol–water partition coefficient (Wildman–Crippen LogP) is 3.13. The van der Waals surface area contributed by atoms with E-state index in [1.807, 2.05) is 25.1 Å². The minimum atomic E-state index is -0.368. The average Bonchev–Trinajstić information content (AvgIpc) is 2.65. The van der Waals surface area contributed by atoms with E-state index in [9.17, 15) is 4.79 Å². The van der Waals surface area contributed by atoms with Gasteiger partial charge in [0, 0.05) is 15.3 Å². The molecule has 2 aromatic rings. The molecular weight excluding hydrogens is 218 g/mol. The number of thiophene rings is 1. The Morgan fingerprint density at radius 3 is 2.50 bits per heavy atom. The Hall–Kier alpha value is -1.61. The number of benzene rings is 1. The molecule has 0 saturated carbocycles. The lowest BCUT2D eigenvalue weighted by Gasteiger charge is -2.04. The SMILES string of the molecule is Cc1ccc(-c2ccc(C)c(C(N)=O)c2)s1. The highest BCUT2D eigenvalue weighted by Gasteiger charge is 2.08. The van der Waals surface area contributed by atoms with E-state index in [4.69, 9.17) is 5.73 Å². The Kier molecular flexibility index (Phi) is 2.79. The second kappa shape index (κ2) is 4.10. The van der Waals surface area contributed by atoms with Gasteiger partial charge in [-0.1, -0.05) is 12.1 Å². The van der Waals surface area contributed by atoms with Crippen LogP contribution in [0.1, 0.15) is 20.8 Å². The van der Waals surface area contributed by atoms with Gasteiger partial charge in [0.05, 0.1) is 0 Å². The van der Waals surface area contributed by atoms with E-state index in [1.54, 1.807) is 11.3 Å². The van der Waals surface area contributed by atoms with Crippen molar-refractivity contribution in [1.82, 2.24) is 0 Å². The number of aryl methyl sites for hydroxylation is 2. The molecule has 16 heavy (non-hydrogen) atoms. The molecule has 0 fully saturated rings. The number of carbonyl (C=O) groups is 1. The van der Waals surface area contributed by atoms with Crippen LogP contribution in [0.3, 0.4) is 0 Å². The van der Waals surface area contributed by atoms with Crippen LogP contribution in [0.25, 0.3) is 10.4 Å². The molecule has 0 radical (unpaired) electrons. The van der Waals surface area contributed by atoms with Crippen LogP contribution in [0.15, 0.2) is 30.3 Å². The number of nitrogens with two attached hydrogens (primary N) is 1. The maximum atomic E-state index is 11.2. The summed E-state index contributed by atoms with van der Waals surface area (Å²) in [7, 11) is 0. The summed E-state index contributed by atoms with van der Waals surface area (Å²) in [6.45, 7) is 3.96. The van der Waals surface area contributed by atoms with E-state index in [1.165, 1.54) is 9.75 Å². The van der Waals surface area contributed by atoms with Crippen LogP contribution in [0.4, 0.5) is 0 Å². The molecule has 0 aliphatic heterocycles. The van der Waals surface area contributed by atoms with Crippen molar-refractivity contribution in [1.29, 1.82) is 0 Å². The van der Waals surface area contributed by atoms with Crippen LogP contribution in [-0.2, 0) is 0 Å². The molecule has 2 rings (SSSR count).